The Balaban J connectivity index is 1.36. The van der Waals surface area contributed by atoms with Gasteiger partial charge in [0.2, 0.25) is 0 Å². The molecule has 8 rings (SSSR count). The lowest BCUT2D eigenvalue weighted by molar-refractivity contribution is 1.30. The molecule has 0 fully saturated rings. The third-order valence-electron chi connectivity index (χ3n) is 7.99. The van der Waals surface area contributed by atoms with Crippen molar-refractivity contribution in [3.8, 4) is 0 Å². The highest BCUT2D eigenvalue weighted by atomic mass is 15.1. The summed E-state index contributed by atoms with van der Waals surface area (Å²) >= 11 is 0. The fourth-order valence-electron chi connectivity index (χ4n) is 6.11. The van der Waals surface area contributed by atoms with Crippen LogP contribution in [0.4, 0.5) is 17.1 Å². The molecule has 0 bridgehead atoms. The Bertz CT molecular complexity index is 2180. The molecule has 0 atom stereocenters. The molecule has 0 saturated heterocycles. The maximum absolute atomic E-state index is 2.37. The minimum absolute atomic E-state index is 1.14. The van der Waals surface area contributed by atoms with Gasteiger partial charge in [-0.2, -0.15) is 0 Å². The Hall–Kier alpha value is -5.14. The maximum Gasteiger partial charge on any atom is 0.0468 e. The van der Waals surface area contributed by atoms with Gasteiger partial charge in [-0.15, -0.1) is 0 Å². The normalized spacial score (nSPS) is 11.6. The molecule has 39 heavy (non-hydrogen) atoms. The third kappa shape index (κ3) is 3.55. The van der Waals surface area contributed by atoms with E-state index in [1.54, 1.807) is 0 Å². The zero-order valence-corrected chi connectivity index (χ0v) is 21.4. The van der Waals surface area contributed by atoms with Crippen LogP contribution >= 0.6 is 0 Å². The minimum Gasteiger partial charge on any atom is -0.310 e. The van der Waals surface area contributed by atoms with E-state index in [1.165, 1.54) is 53.9 Å². The molecule has 0 spiro atoms. The van der Waals surface area contributed by atoms with E-state index in [9.17, 15) is 0 Å². The van der Waals surface area contributed by atoms with Gasteiger partial charge in [-0.1, -0.05) is 115 Å². The van der Waals surface area contributed by atoms with E-state index in [2.05, 4.69) is 157 Å². The number of para-hydroxylation sites is 1. The number of benzene rings is 8. The lowest BCUT2D eigenvalue weighted by atomic mass is 9.96. The fraction of sp³-hybridized carbons (Fsp3) is 0. The smallest absolute Gasteiger partial charge is 0.0468 e. The van der Waals surface area contributed by atoms with E-state index in [-0.39, 0.29) is 0 Å². The fourth-order valence-corrected chi connectivity index (χ4v) is 6.11. The zero-order chi connectivity index (χ0) is 25.8. The largest absolute Gasteiger partial charge is 0.310 e. The predicted octanol–water partition coefficient (Wildman–Crippen LogP) is 10.9. The Kier molecular flexibility index (Phi) is 4.89. The number of rotatable bonds is 3. The molecule has 0 aliphatic heterocycles. The molecule has 0 aliphatic carbocycles. The summed E-state index contributed by atoms with van der Waals surface area (Å²) in [5, 5.41) is 12.7. The van der Waals surface area contributed by atoms with Gasteiger partial charge >= 0.3 is 0 Å². The molecule has 1 nitrogen and oxygen atoms in total. The summed E-state index contributed by atoms with van der Waals surface area (Å²) in [7, 11) is 0. The van der Waals surface area contributed by atoms with Gasteiger partial charge in [0.05, 0.1) is 0 Å². The Morgan fingerprint density at radius 2 is 0.718 bits per heavy atom. The first kappa shape index (κ1) is 21.9. The summed E-state index contributed by atoms with van der Waals surface area (Å²) in [6.45, 7) is 0. The van der Waals surface area contributed by atoms with Gasteiger partial charge in [-0.3, -0.25) is 0 Å². The van der Waals surface area contributed by atoms with Crippen LogP contribution in [0.3, 0.4) is 0 Å². The molecular formula is C38H25N. The average molecular weight is 496 g/mol. The first-order valence-electron chi connectivity index (χ1n) is 13.4. The van der Waals surface area contributed by atoms with Gasteiger partial charge in [0.1, 0.15) is 0 Å². The van der Waals surface area contributed by atoms with Crippen LogP contribution in [0.5, 0.6) is 0 Å². The highest BCUT2D eigenvalue weighted by Gasteiger charge is 2.15. The standard InChI is InChI=1S/C38H25N/c1-2-10-30(11-3-1)39(31-20-23-35-29(24-31)15-14-26-8-4-6-12-33(26)35)32-19-16-28-18-21-36-34-13-7-5-9-27(34)17-22-37(36)38(28)25-32/h1-25H. The van der Waals surface area contributed by atoms with Crippen molar-refractivity contribution in [3.63, 3.8) is 0 Å². The maximum atomic E-state index is 2.37. The monoisotopic (exact) mass is 495 g/mol. The first-order valence-corrected chi connectivity index (χ1v) is 13.4. The molecule has 8 aromatic rings. The van der Waals surface area contributed by atoms with Crippen molar-refractivity contribution < 1.29 is 0 Å². The van der Waals surface area contributed by atoms with Crippen molar-refractivity contribution in [3.05, 3.63) is 152 Å². The lowest BCUT2D eigenvalue weighted by Crippen LogP contribution is -2.09. The quantitative estimate of drug-likeness (QED) is 0.220. The lowest BCUT2D eigenvalue weighted by Gasteiger charge is -2.26. The molecule has 8 aromatic carbocycles. The van der Waals surface area contributed by atoms with Crippen LogP contribution in [0.15, 0.2) is 152 Å². The number of anilines is 3. The Morgan fingerprint density at radius 1 is 0.256 bits per heavy atom. The van der Waals surface area contributed by atoms with Crippen molar-refractivity contribution in [1.29, 1.82) is 0 Å². The third-order valence-corrected chi connectivity index (χ3v) is 7.99. The molecule has 0 heterocycles. The van der Waals surface area contributed by atoms with Gasteiger partial charge in [0, 0.05) is 17.1 Å². The average Bonchev–Trinajstić information content (AvgIpc) is 3.01. The Labute approximate surface area is 227 Å². The number of fused-ring (bicyclic) bond motifs is 8. The van der Waals surface area contributed by atoms with Crippen LogP contribution in [0.25, 0.3) is 53.9 Å². The molecule has 0 unspecified atom stereocenters. The van der Waals surface area contributed by atoms with Crippen molar-refractivity contribution in [2.45, 2.75) is 0 Å². The molecule has 0 radical (unpaired) electrons. The van der Waals surface area contributed by atoms with Gasteiger partial charge in [-0.25, -0.2) is 0 Å². The van der Waals surface area contributed by atoms with E-state index in [1.807, 2.05) is 0 Å². The summed E-state index contributed by atoms with van der Waals surface area (Å²) in [6.07, 6.45) is 0. The summed E-state index contributed by atoms with van der Waals surface area (Å²) < 4.78 is 0. The first-order chi connectivity index (χ1) is 19.3. The van der Waals surface area contributed by atoms with Gasteiger partial charge in [0.15, 0.2) is 0 Å². The van der Waals surface area contributed by atoms with Crippen LogP contribution in [0, 0.1) is 0 Å². The highest BCUT2D eigenvalue weighted by molar-refractivity contribution is 6.18. The zero-order valence-electron chi connectivity index (χ0n) is 21.4. The molecule has 182 valence electrons. The second kappa shape index (κ2) is 8.72. The summed E-state index contributed by atoms with van der Waals surface area (Å²) in [5.41, 5.74) is 3.44. The van der Waals surface area contributed by atoms with E-state index in [0.29, 0.717) is 0 Å². The van der Waals surface area contributed by atoms with Gasteiger partial charge in [0.25, 0.3) is 0 Å². The van der Waals surface area contributed by atoms with Gasteiger partial charge in [-0.05, 0) is 90.3 Å². The number of hydrogen-bond acceptors (Lipinski definition) is 1. The van der Waals surface area contributed by atoms with Crippen LogP contribution in [0.1, 0.15) is 0 Å². The van der Waals surface area contributed by atoms with Crippen LogP contribution < -0.4 is 4.90 Å². The van der Waals surface area contributed by atoms with Gasteiger partial charge < -0.3 is 4.90 Å². The molecule has 0 saturated carbocycles. The topological polar surface area (TPSA) is 3.24 Å². The highest BCUT2D eigenvalue weighted by Crippen LogP contribution is 2.40. The summed E-state index contributed by atoms with van der Waals surface area (Å²) in [6, 6.07) is 55.1. The van der Waals surface area contributed by atoms with E-state index in [0.717, 1.165) is 17.1 Å². The number of hydrogen-bond donors (Lipinski definition) is 0. The minimum atomic E-state index is 1.14. The van der Waals surface area contributed by atoms with E-state index in [4.69, 9.17) is 0 Å². The molecule has 0 aromatic heterocycles. The molecule has 0 aliphatic rings. The van der Waals surface area contributed by atoms with Crippen molar-refractivity contribution in [2.75, 3.05) is 4.90 Å². The Morgan fingerprint density at radius 3 is 1.49 bits per heavy atom. The van der Waals surface area contributed by atoms with E-state index < -0.39 is 0 Å². The second-order valence-corrected chi connectivity index (χ2v) is 10.2. The van der Waals surface area contributed by atoms with Crippen LogP contribution in [-0.2, 0) is 0 Å². The van der Waals surface area contributed by atoms with Crippen molar-refractivity contribution in [1.82, 2.24) is 0 Å². The SMILES string of the molecule is c1ccc(N(c2ccc3c(ccc4ccccc43)c2)c2ccc3ccc4c5ccccc5ccc4c3c2)cc1. The molecule has 0 amide bonds. The molecule has 1 heteroatoms. The van der Waals surface area contributed by atoms with Crippen LogP contribution in [0.2, 0.25) is 0 Å². The van der Waals surface area contributed by atoms with Crippen molar-refractivity contribution >= 4 is 70.9 Å². The van der Waals surface area contributed by atoms with E-state index >= 15 is 0 Å². The predicted molar refractivity (Wildman–Crippen MR) is 169 cm³/mol. The second-order valence-electron chi connectivity index (χ2n) is 10.2. The molecular weight excluding hydrogens is 470 g/mol. The molecule has 0 N–H and O–H groups in total. The number of nitrogens with zero attached hydrogens (tertiary/aromatic N) is 1. The van der Waals surface area contributed by atoms with Crippen molar-refractivity contribution in [2.24, 2.45) is 0 Å². The van der Waals surface area contributed by atoms with Crippen LogP contribution in [-0.4, -0.2) is 0 Å². The summed E-state index contributed by atoms with van der Waals surface area (Å²) in [4.78, 5) is 2.37. The summed E-state index contributed by atoms with van der Waals surface area (Å²) in [5.74, 6) is 0.